The fraction of sp³-hybridized carbons (Fsp3) is 0.600. The Morgan fingerprint density at radius 2 is 1.73 bits per heavy atom. The van der Waals surface area contributed by atoms with Crippen LogP contribution < -0.4 is 10.0 Å². The summed E-state index contributed by atoms with van der Waals surface area (Å²) >= 11 is 0. The number of nitrogens with one attached hydrogen (secondary N) is 2. The Labute approximate surface area is 168 Å². The molecule has 1 fully saturated rings. The molecule has 1 aliphatic heterocycles. The second kappa shape index (κ2) is 10.8. The largest absolute Gasteiger partial charge is 0.314 e. The summed E-state index contributed by atoms with van der Waals surface area (Å²) in [6.45, 7) is 6.69. The summed E-state index contributed by atoms with van der Waals surface area (Å²) in [5.41, 5.74) is 0.525. The van der Waals surface area contributed by atoms with Crippen molar-refractivity contribution in [2.45, 2.75) is 23.1 Å². The quantitative estimate of drug-likeness (QED) is 0.600. The van der Waals surface area contributed by atoms with Gasteiger partial charge >= 0.3 is 0 Å². The maximum Gasteiger partial charge on any atom is 0.240 e. The molecular weight excluding hydrogens is 421 g/mol. The van der Waals surface area contributed by atoms with E-state index in [9.17, 15) is 16.8 Å². The topological polar surface area (TPSA) is 95.6 Å². The summed E-state index contributed by atoms with van der Waals surface area (Å²) in [5, 5.41) is 3.27. The van der Waals surface area contributed by atoms with Gasteiger partial charge in [0.2, 0.25) is 10.0 Å². The number of hydrogen-bond acceptors (Lipinski definition) is 6. The van der Waals surface area contributed by atoms with Crippen molar-refractivity contribution in [1.29, 1.82) is 0 Å². The second-order valence-corrected chi connectivity index (χ2v) is 9.79. The van der Waals surface area contributed by atoms with Crippen molar-refractivity contribution in [3.63, 3.8) is 0 Å². The van der Waals surface area contributed by atoms with Crippen LogP contribution >= 0.6 is 24.8 Å². The summed E-state index contributed by atoms with van der Waals surface area (Å²) in [6, 6.07) is 4.17. The number of sulfone groups is 1. The van der Waals surface area contributed by atoms with E-state index in [1.807, 2.05) is 0 Å². The summed E-state index contributed by atoms with van der Waals surface area (Å²) in [5.74, 6) is 0. The van der Waals surface area contributed by atoms with Gasteiger partial charge in [0, 0.05) is 39.0 Å². The summed E-state index contributed by atoms with van der Waals surface area (Å²) in [4.78, 5) is 2.32. The molecule has 0 radical (unpaired) electrons. The van der Waals surface area contributed by atoms with Crippen LogP contribution in [-0.4, -0.2) is 67.3 Å². The zero-order chi connectivity index (χ0) is 17.8. The number of halogens is 2. The molecule has 11 heteroatoms. The van der Waals surface area contributed by atoms with Crippen molar-refractivity contribution in [1.82, 2.24) is 14.9 Å². The average Bonchev–Trinajstić information content (AvgIpc) is 2.52. The highest BCUT2D eigenvalue weighted by Gasteiger charge is 2.19. The minimum absolute atomic E-state index is 0. The number of benzene rings is 1. The molecule has 1 saturated heterocycles. The molecule has 0 aliphatic carbocycles. The van der Waals surface area contributed by atoms with Crippen LogP contribution in [0.2, 0.25) is 0 Å². The average molecular weight is 448 g/mol. The smallest absolute Gasteiger partial charge is 0.240 e. The molecule has 1 aromatic carbocycles. The molecule has 1 aliphatic rings. The molecule has 0 bridgehead atoms. The van der Waals surface area contributed by atoms with Crippen LogP contribution in [0, 0.1) is 6.92 Å². The van der Waals surface area contributed by atoms with Gasteiger partial charge in [0.1, 0.15) is 0 Å². The molecule has 152 valence electrons. The normalized spacial score (nSPS) is 15.8. The third-order valence-corrected chi connectivity index (χ3v) is 6.74. The first kappa shape index (κ1) is 25.6. The summed E-state index contributed by atoms with van der Waals surface area (Å²) in [6.07, 6.45) is 1.78. The highest BCUT2D eigenvalue weighted by molar-refractivity contribution is 7.91. The highest BCUT2D eigenvalue weighted by atomic mass is 35.5. The first-order chi connectivity index (χ1) is 11.2. The van der Waals surface area contributed by atoms with Crippen molar-refractivity contribution in [2.24, 2.45) is 0 Å². The lowest BCUT2D eigenvalue weighted by Crippen LogP contribution is -2.44. The van der Waals surface area contributed by atoms with E-state index in [2.05, 4.69) is 14.9 Å². The first-order valence-electron chi connectivity index (χ1n) is 7.93. The standard InChI is InChI=1S/C15H25N3O4S2.2ClH/c1-13-4-5-14(23(2,19)20)12-15(13)24(21,22)17-6-3-9-18-10-7-16-8-11-18;;/h4-5,12,16-17H,3,6-11H2,1-2H3;2*1H. The van der Waals surface area contributed by atoms with Crippen LogP contribution in [0.5, 0.6) is 0 Å². The number of piperazine rings is 1. The first-order valence-corrected chi connectivity index (χ1v) is 11.3. The van der Waals surface area contributed by atoms with E-state index >= 15 is 0 Å². The molecule has 0 spiro atoms. The van der Waals surface area contributed by atoms with Gasteiger partial charge in [-0.15, -0.1) is 24.8 Å². The van der Waals surface area contributed by atoms with Gasteiger partial charge in [0.05, 0.1) is 9.79 Å². The number of rotatable bonds is 7. The van der Waals surface area contributed by atoms with Gasteiger partial charge in [0.15, 0.2) is 9.84 Å². The Morgan fingerprint density at radius 3 is 2.31 bits per heavy atom. The Bertz CT molecular complexity index is 780. The van der Waals surface area contributed by atoms with Crippen molar-refractivity contribution < 1.29 is 16.8 Å². The second-order valence-electron chi connectivity index (χ2n) is 6.04. The molecular formula is C15H27Cl2N3O4S2. The van der Waals surface area contributed by atoms with E-state index in [4.69, 9.17) is 0 Å². The van der Waals surface area contributed by atoms with Gasteiger partial charge in [-0.1, -0.05) is 6.07 Å². The molecule has 26 heavy (non-hydrogen) atoms. The van der Waals surface area contributed by atoms with E-state index in [0.717, 1.165) is 39.0 Å². The number of hydrogen-bond donors (Lipinski definition) is 2. The highest BCUT2D eigenvalue weighted by Crippen LogP contribution is 2.20. The lowest BCUT2D eigenvalue weighted by molar-refractivity contribution is 0.239. The third-order valence-electron chi connectivity index (χ3n) is 4.03. The van der Waals surface area contributed by atoms with Crippen LogP contribution in [0.4, 0.5) is 0 Å². The molecule has 0 amide bonds. The van der Waals surface area contributed by atoms with E-state index < -0.39 is 19.9 Å². The van der Waals surface area contributed by atoms with Crippen molar-refractivity contribution >= 4 is 44.7 Å². The molecule has 0 unspecified atom stereocenters. The zero-order valence-electron chi connectivity index (χ0n) is 14.9. The van der Waals surface area contributed by atoms with Gasteiger partial charge in [0.25, 0.3) is 0 Å². The lowest BCUT2D eigenvalue weighted by Gasteiger charge is -2.27. The van der Waals surface area contributed by atoms with E-state index in [-0.39, 0.29) is 34.6 Å². The van der Waals surface area contributed by atoms with Crippen molar-refractivity contribution in [3.8, 4) is 0 Å². The van der Waals surface area contributed by atoms with Crippen LogP contribution in [0.25, 0.3) is 0 Å². The predicted octanol–water partition coefficient (Wildman–Crippen LogP) is 0.816. The fourth-order valence-electron chi connectivity index (χ4n) is 2.62. The summed E-state index contributed by atoms with van der Waals surface area (Å²) < 4.78 is 50.7. The maximum absolute atomic E-state index is 12.5. The van der Waals surface area contributed by atoms with Crippen LogP contribution in [-0.2, 0) is 19.9 Å². The predicted molar refractivity (Wildman–Crippen MR) is 108 cm³/mol. The molecule has 0 atom stereocenters. The van der Waals surface area contributed by atoms with Gasteiger partial charge in [-0.2, -0.15) is 0 Å². The Balaban J connectivity index is 0.00000312. The number of aryl methyl sites for hydroxylation is 1. The molecule has 1 aromatic rings. The van der Waals surface area contributed by atoms with E-state index in [0.29, 0.717) is 18.5 Å². The van der Waals surface area contributed by atoms with Crippen LogP contribution in [0.3, 0.4) is 0 Å². The number of sulfonamides is 1. The Hall–Kier alpha value is -0.420. The zero-order valence-corrected chi connectivity index (χ0v) is 18.2. The van der Waals surface area contributed by atoms with E-state index in [1.165, 1.54) is 18.2 Å². The minimum Gasteiger partial charge on any atom is -0.314 e. The molecule has 2 N–H and O–H groups in total. The van der Waals surface area contributed by atoms with Crippen LogP contribution in [0.1, 0.15) is 12.0 Å². The maximum atomic E-state index is 12.5. The third kappa shape index (κ3) is 7.30. The monoisotopic (exact) mass is 447 g/mol. The van der Waals surface area contributed by atoms with Crippen molar-refractivity contribution in [3.05, 3.63) is 23.8 Å². The van der Waals surface area contributed by atoms with Gasteiger partial charge in [-0.25, -0.2) is 21.6 Å². The molecule has 2 rings (SSSR count). The van der Waals surface area contributed by atoms with Gasteiger partial charge < -0.3 is 10.2 Å². The van der Waals surface area contributed by atoms with Crippen molar-refractivity contribution in [2.75, 3.05) is 45.5 Å². The van der Waals surface area contributed by atoms with Gasteiger partial charge in [-0.3, -0.25) is 0 Å². The molecule has 0 saturated carbocycles. The minimum atomic E-state index is -3.72. The number of nitrogens with zero attached hydrogens (tertiary/aromatic N) is 1. The SMILES string of the molecule is Cc1ccc(S(C)(=O)=O)cc1S(=O)(=O)NCCCN1CCNCC1.Cl.Cl. The Kier molecular flexibility index (Phi) is 10.6. The van der Waals surface area contributed by atoms with E-state index in [1.54, 1.807) is 6.92 Å². The fourth-order valence-corrected chi connectivity index (χ4v) is 4.69. The molecule has 0 aromatic heterocycles. The Morgan fingerprint density at radius 1 is 1.12 bits per heavy atom. The van der Waals surface area contributed by atoms with Gasteiger partial charge in [-0.05, 0) is 37.6 Å². The summed E-state index contributed by atoms with van der Waals surface area (Å²) in [7, 11) is -7.17. The molecule has 7 nitrogen and oxygen atoms in total. The molecule has 1 heterocycles. The lowest BCUT2D eigenvalue weighted by atomic mass is 10.2. The van der Waals surface area contributed by atoms with Crippen LogP contribution in [0.15, 0.2) is 28.0 Å².